The molecule has 0 saturated carbocycles. The van der Waals surface area contributed by atoms with E-state index in [0.29, 0.717) is 0 Å². The highest BCUT2D eigenvalue weighted by molar-refractivity contribution is 5.83. The third kappa shape index (κ3) is 9.32. The van der Waals surface area contributed by atoms with E-state index in [1.807, 2.05) is 0 Å². The lowest BCUT2D eigenvalue weighted by atomic mass is 10.0. The van der Waals surface area contributed by atoms with Crippen LogP contribution in [0.3, 0.4) is 0 Å². The first kappa shape index (κ1) is 17.7. The largest absolute Gasteiger partial charge is 0.460 e. The van der Waals surface area contributed by atoms with E-state index in [1.165, 1.54) is 0 Å². The predicted octanol–water partition coefficient (Wildman–Crippen LogP) is 2.42. The van der Waals surface area contributed by atoms with Crippen LogP contribution in [0.5, 0.6) is 0 Å². The summed E-state index contributed by atoms with van der Waals surface area (Å²) in [6.07, 6.45) is -4.42. The topological polar surface area (TPSA) is 55.4 Å². The molecule has 0 saturated heterocycles. The van der Waals surface area contributed by atoms with Crippen LogP contribution in [0.2, 0.25) is 0 Å². The van der Waals surface area contributed by atoms with Gasteiger partial charge in [0, 0.05) is 5.92 Å². The Kier molecular flexibility index (Phi) is 6.32. The number of esters is 1. The molecule has 0 aromatic rings. The van der Waals surface area contributed by atoms with Crippen molar-refractivity contribution in [1.82, 2.24) is 5.32 Å². The van der Waals surface area contributed by atoms with Gasteiger partial charge in [0.25, 0.3) is 0 Å². The van der Waals surface area contributed by atoms with Gasteiger partial charge in [0.05, 0.1) is 6.42 Å². The molecule has 0 bridgehead atoms. The van der Waals surface area contributed by atoms with Crippen molar-refractivity contribution in [3.63, 3.8) is 0 Å². The molecule has 19 heavy (non-hydrogen) atoms. The molecule has 4 nitrogen and oxygen atoms in total. The van der Waals surface area contributed by atoms with E-state index in [0.717, 1.165) is 0 Å². The van der Waals surface area contributed by atoms with Gasteiger partial charge >= 0.3 is 12.1 Å². The third-order valence-corrected chi connectivity index (χ3v) is 2.16. The van der Waals surface area contributed by atoms with Gasteiger partial charge in [-0.05, 0) is 27.2 Å². The third-order valence-electron chi connectivity index (χ3n) is 2.16. The summed E-state index contributed by atoms with van der Waals surface area (Å²) >= 11 is 0. The Morgan fingerprint density at radius 2 is 1.74 bits per heavy atom. The average molecular weight is 283 g/mol. The van der Waals surface area contributed by atoms with Gasteiger partial charge in [0.1, 0.15) is 12.1 Å². The normalized spacial score (nSPS) is 13.8. The molecule has 0 rings (SSSR count). The molecular formula is C12H20F3NO3. The monoisotopic (exact) mass is 283 g/mol. The zero-order valence-corrected chi connectivity index (χ0v) is 11.6. The van der Waals surface area contributed by atoms with Crippen LogP contribution < -0.4 is 5.32 Å². The molecule has 0 unspecified atom stereocenters. The number of ether oxygens (including phenoxy) is 1. The summed E-state index contributed by atoms with van der Waals surface area (Å²) in [5.41, 5.74) is -0.683. The molecule has 0 aromatic carbocycles. The zero-order chi connectivity index (χ0) is 15.3. The number of halogens is 3. The van der Waals surface area contributed by atoms with Crippen LogP contribution >= 0.6 is 0 Å². The number of carbonyl (C=O) groups excluding carboxylic acids is 2. The van der Waals surface area contributed by atoms with Crippen molar-refractivity contribution in [1.29, 1.82) is 0 Å². The minimum Gasteiger partial charge on any atom is -0.460 e. The maximum Gasteiger partial charge on any atom is 0.405 e. The number of alkyl halides is 3. The van der Waals surface area contributed by atoms with Crippen LogP contribution in [-0.4, -0.2) is 30.2 Å². The molecule has 0 heterocycles. The standard InChI is InChI=1S/C12H20F3NO3/c1-5-8(6-9(17)19-11(2,3)4)10(18)16-7-12(13,14)15/h8H,5-7H2,1-4H3,(H,16,18)/t8-/m0/s1. The van der Waals surface area contributed by atoms with Gasteiger partial charge in [-0.1, -0.05) is 6.92 Å². The minimum atomic E-state index is -4.46. The van der Waals surface area contributed by atoms with Crippen molar-refractivity contribution >= 4 is 11.9 Å². The Morgan fingerprint density at radius 1 is 1.21 bits per heavy atom. The number of hydrogen-bond acceptors (Lipinski definition) is 3. The molecule has 0 fully saturated rings. The first-order valence-electron chi connectivity index (χ1n) is 6.01. The summed E-state index contributed by atoms with van der Waals surface area (Å²) in [7, 11) is 0. The minimum absolute atomic E-state index is 0.225. The molecule has 0 radical (unpaired) electrons. The lowest BCUT2D eigenvalue weighted by Gasteiger charge is -2.21. The van der Waals surface area contributed by atoms with Crippen LogP contribution in [-0.2, 0) is 14.3 Å². The Balaban J connectivity index is 4.34. The Labute approximate surface area is 110 Å². The fraction of sp³-hybridized carbons (Fsp3) is 0.833. The highest BCUT2D eigenvalue weighted by atomic mass is 19.4. The highest BCUT2D eigenvalue weighted by Gasteiger charge is 2.30. The van der Waals surface area contributed by atoms with E-state index in [2.05, 4.69) is 0 Å². The summed E-state index contributed by atoms with van der Waals surface area (Å²) < 4.78 is 40.9. The van der Waals surface area contributed by atoms with Gasteiger partial charge in [0.15, 0.2) is 0 Å². The molecule has 0 aromatic heterocycles. The molecule has 0 spiro atoms. The fourth-order valence-electron chi connectivity index (χ4n) is 1.34. The Hall–Kier alpha value is -1.27. The van der Waals surface area contributed by atoms with Crippen LogP contribution in [0.15, 0.2) is 0 Å². The number of rotatable bonds is 5. The number of amides is 1. The molecule has 1 atom stereocenters. The summed E-state index contributed by atoms with van der Waals surface area (Å²) in [6, 6.07) is 0. The van der Waals surface area contributed by atoms with E-state index in [-0.39, 0.29) is 12.8 Å². The average Bonchev–Trinajstić information content (AvgIpc) is 2.18. The SMILES string of the molecule is CC[C@@H](CC(=O)OC(C)(C)C)C(=O)NCC(F)(F)F. The Bertz CT molecular complexity index is 321. The quantitative estimate of drug-likeness (QED) is 0.788. The van der Waals surface area contributed by atoms with E-state index in [9.17, 15) is 22.8 Å². The first-order valence-corrected chi connectivity index (χ1v) is 6.01. The van der Waals surface area contributed by atoms with Gasteiger partial charge < -0.3 is 10.1 Å². The molecule has 1 N–H and O–H groups in total. The lowest BCUT2D eigenvalue weighted by Crippen LogP contribution is -2.38. The second kappa shape index (κ2) is 6.77. The molecule has 0 aliphatic heterocycles. The van der Waals surface area contributed by atoms with E-state index >= 15 is 0 Å². The summed E-state index contributed by atoms with van der Waals surface area (Å²) in [5.74, 6) is -2.19. The van der Waals surface area contributed by atoms with Gasteiger partial charge in [-0.15, -0.1) is 0 Å². The van der Waals surface area contributed by atoms with Crippen molar-refractivity contribution in [3.05, 3.63) is 0 Å². The molecule has 1 amide bonds. The number of nitrogens with one attached hydrogen (secondary N) is 1. The second-order valence-electron chi connectivity index (χ2n) is 5.23. The zero-order valence-electron chi connectivity index (χ0n) is 11.6. The smallest absolute Gasteiger partial charge is 0.405 e. The van der Waals surface area contributed by atoms with Crippen molar-refractivity contribution < 1.29 is 27.5 Å². The summed E-state index contributed by atoms with van der Waals surface area (Å²) in [4.78, 5) is 23.0. The molecule has 0 aliphatic rings. The first-order chi connectivity index (χ1) is 8.44. The van der Waals surface area contributed by atoms with Gasteiger partial charge in [-0.2, -0.15) is 13.2 Å². The van der Waals surface area contributed by atoms with Gasteiger partial charge in [-0.25, -0.2) is 0 Å². The predicted molar refractivity (Wildman–Crippen MR) is 63.3 cm³/mol. The summed E-state index contributed by atoms with van der Waals surface area (Å²) in [6.45, 7) is 5.26. The van der Waals surface area contributed by atoms with Gasteiger partial charge in [0.2, 0.25) is 5.91 Å². The molecule has 0 aliphatic carbocycles. The molecular weight excluding hydrogens is 263 g/mol. The van der Waals surface area contributed by atoms with Crippen LogP contribution in [0, 0.1) is 5.92 Å². The number of hydrogen-bond donors (Lipinski definition) is 1. The van der Waals surface area contributed by atoms with E-state index in [1.54, 1.807) is 33.0 Å². The summed E-state index contributed by atoms with van der Waals surface area (Å²) in [5, 5.41) is 1.77. The van der Waals surface area contributed by atoms with Gasteiger partial charge in [-0.3, -0.25) is 9.59 Å². The van der Waals surface area contributed by atoms with Crippen LogP contribution in [0.1, 0.15) is 40.5 Å². The lowest BCUT2D eigenvalue weighted by molar-refractivity contribution is -0.158. The molecule has 7 heteroatoms. The number of carbonyl (C=O) groups is 2. The van der Waals surface area contributed by atoms with E-state index < -0.39 is 36.1 Å². The second-order valence-corrected chi connectivity index (χ2v) is 5.23. The van der Waals surface area contributed by atoms with Crippen molar-refractivity contribution in [2.75, 3.05) is 6.54 Å². The maximum absolute atomic E-state index is 12.0. The van der Waals surface area contributed by atoms with Crippen molar-refractivity contribution in [2.45, 2.75) is 52.3 Å². The van der Waals surface area contributed by atoms with Crippen molar-refractivity contribution in [3.8, 4) is 0 Å². The highest BCUT2D eigenvalue weighted by Crippen LogP contribution is 2.16. The van der Waals surface area contributed by atoms with Crippen LogP contribution in [0.4, 0.5) is 13.2 Å². The maximum atomic E-state index is 12.0. The van der Waals surface area contributed by atoms with Crippen molar-refractivity contribution in [2.24, 2.45) is 5.92 Å². The van der Waals surface area contributed by atoms with E-state index in [4.69, 9.17) is 4.74 Å². The van der Waals surface area contributed by atoms with Crippen LogP contribution in [0.25, 0.3) is 0 Å². The molecule has 112 valence electrons. The Morgan fingerprint density at radius 3 is 2.11 bits per heavy atom. The fourth-order valence-corrected chi connectivity index (χ4v) is 1.34.